The highest BCUT2D eigenvalue weighted by Gasteiger charge is 2.38. The van der Waals surface area contributed by atoms with Gasteiger partial charge in [-0.25, -0.2) is 8.42 Å². The van der Waals surface area contributed by atoms with E-state index in [0.717, 1.165) is 11.8 Å². The van der Waals surface area contributed by atoms with Crippen molar-refractivity contribution in [3.63, 3.8) is 0 Å². The summed E-state index contributed by atoms with van der Waals surface area (Å²) in [5, 5.41) is 11.1. The summed E-state index contributed by atoms with van der Waals surface area (Å²) in [5.41, 5.74) is 1.30. The van der Waals surface area contributed by atoms with E-state index in [0.29, 0.717) is 12.1 Å². The fourth-order valence-corrected chi connectivity index (χ4v) is 1.84. The van der Waals surface area contributed by atoms with Crippen molar-refractivity contribution in [1.29, 1.82) is 0 Å². The summed E-state index contributed by atoms with van der Waals surface area (Å²) in [4.78, 5) is 22.5. The van der Waals surface area contributed by atoms with Gasteiger partial charge in [0.2, 0.25) is 5.91 Å². The molecule has 0 saturated heterocycles. The molecule has 0 aromatic heterocycles. The van der Waals surface area contributed by atoms with Gasteiger partial charge in [-0.2, -0.15) is 0 Å². The molecule has 6 nitrogen and oxygen atoms in total. The average Bonchev–Trinajstić information content (AvgIpc) is 2.36. The Bertz CT molecular complexity index is 632. The van der Waals surface area contributed by atoms with Crippen molar-refractivity contribution in [2.75, 3.05) is 11.6 Å². The van der Waals surface area contributed by atoms with E-state index < -0.39 is 26.5 Å². The molecule has 1 aromatic rings. The standard InChI is InChI=1S/C14H19NO5S/c1-14(2,21(3,19)20)13(18)15-11-7-4-10(5-8-11)6-9-12(16)17/h4-5,7-8H,6,9H2,1-3H3,(H,15,18)(H,16,17). The zero-order valence-electron chi connectivity index (χ0n) is 12.2. The van der Waals surface area contributed by atoms with Gasteiger partial charge in [0.15, 0.2) is 9.84 Å². The van der Waals surface area contributed by atoms with Crippen molar-refractivity contribution in [1.82, 2.24) is 0 Å². The van der Waals surface area contributed by atoms with Gasteiger partial charge in [-0.05, 0) is 38.0 Å². The van der Waals surface area contributed by atoms with Crippen LogP contribution in [0.25, 0.3) is 0 Å². The maximum atomic E-state index is 12.0. The maximum absolute atomic E-state index is 12.0. The number of aliphatic carboxylic acids is 1. The predicted octanol–water partition coefficient (Wildman–Crippen LogP) is 1.47. The number of carboxylic acids is 1. The topological polar surface area (TPSA) is 101 Å². The molecule has 0 spiro atoms. The first kappa shape index (κ1) is 17.2. The van der Waals surface area contributed by atoms with E-state index >= 15 is 0 Å². The van der Waals surface area contributed by atoms with Crippen LogP contribution < -0.4 is 5.32 Å². The van der Waals surface area contributed by atoms with Gasteiger partial charge in [0.1, 0.15) is 4.75 Å². The minimum Gasteiger partial charge on any atom is -0.481 e. The van der Waals surface area contributed by atoms with E-state index in [9.17, 15) is 18.0 Å². The van der Waals surface area contributed by atoms with E-state index in [4.69, 9.17) is 5.11 Å². The number of aryl methyl sites for hydroxylation is 1. The molecule has 7 heteroatoms. The fraction of sp³-hybridized carbons (Fsp3) is 0.429. The third kappa shape index (κ3) is 4.56. The SMILES string of the molecule is CC(C)(C(=O)Nc1ccc(CCC(=O)O)cc1)S(C)(=O)=O. The van der Waals surface area contributed by atoms with Gasteiger partial charge < -0.3 is 10.4 Å². The van der Waals surface area contributed by atoms with Crippen LogP contribution >= 0.6 is 0 Å². The summed E-state index contributed by atoms with van der Waals surface area (Å²) >= 11 is 0. The van der Waals surface area contributed by atoms with Gasteiger partial charge in [-0.15, -0.1) is 0 Å². The summed E-state index contributed by atoms with van der Waals surface area (Å²) in [6.45, 7) is 2.69. The maximum Gasteiger partial charge on any atom is 0.303 e. The lowest BCUT2D eigenvalue weighted by atomic mass is 10.1. The van der Waals surface area contributed by atoms with E-state index in [1.165, 1.54) is 13.8 Å². The monoisotopic (exact) mass is 313 g/mol. The van der Waals surface area contributed by atoms with Crippen molar-refractivity contribution in [2.45, 2.75) is 31.4 Å². The summed E-state index contributed by atoms with van der Waals surface area (Å²) in [7, 11) is -3.53. The molecule has 0 bridgehead atoms. The molecule has 1 rings (SSSR count). The first-order valence-corrected chi connectivity index (χ1v) is 8.25. The number of carbonyl (C=O) groups is 2. The van der Waals surface area contributed by atoms with Crippen molar-refractivity contribution in [2.24, 2.45) is 0 Å². The molecule has 0 atom stereocenters. The van der Waals surface area contributed by atoms with E-state index in [1.54, 1.807) is 24.3 Å². The molecule has 116 valence electrons. The number of anilines is 1. The Morgan fingerprint density at radius 1 is 1.19 bits per heavy atom. The van der Waals surface area contributed by atoms with Gasteiger partial charge in [-0.3, -0.25) is 9.59 Å². The minimum absolute atomic E-state index is 0.0345. The van der Waals surface area contributed by atoms with Crippen LogP contribution in [0.15, 0.2) is 24.3 Å². The molecular formula is C14H19NO5S. The van der Waals surface area contributed by atoms with Gasteiger partial charge in [0.25, 0.3) is 0 Å². The van der Waals surface area contributed by atoms with E-state index in [1.807, 2.05) is 0 Å². The summed E-state index contributed by atoms with van der Waals surface area (Å²) in [6.07, 6.45) is 1.45. The lowest BCUT2D eigenvalue weighted by Gasteiger charge is -2.21. The average molecular weight is 313 g/mol. The van der Waals surface area contributed by atoms with Crippen LogP contribution in [-0.4, -0.2) is 36.4 Å². The molecule has 0 heterocycles. The Morgan fingerprint density at radius 2 is 1.71 bits per heavy atom. The Balaban J connectivity index is 2.76. The number of carbonyl (C=O) groups excluding carboxylic acids is 1. The summed E-state index contributed by atoms with van der Waals surface area (Å²) < 4.78 is 21.6. The Labute approximate surface area is 124 Å². The predicted molar refractivity (Wildman–Crippen MR) is 80.0 cm³/mol. The zero-order valence-corrected chi connectivity index (χ0v) is 13.0. The van der Waals surface area contributed by atoms with Gasteiger partial charge >= 0.3 is 5.97 Å². The van der Waals surface area contributed by atoms with E-state index in [-0.39, 0.29) is 6.42 Å². The second-order valence-electron chi connectivity index (χ2n) is 5.33. The third-order valence-electron chi connectivity index (χ3n) is 3.31. The van der Waals surface area contributed by atoms with Crippen molar-refractivity contribution < 1.29 is 23.1 Å². The van der Waals surface area contributed by atoms with Crippen LogP contribution in [0.1, 0.15) is 25.8 Å². The molecular weight excluding hydrogens is 294 g/mol. The van der Waals surface area contributed by atoms with Crippen molar-refractivity contribution >= 4 is 27.4 Å². The lowest BCUT2D eigenvalue weighted by molar-refractivity contribution is -0.137. The number of hydrogen-bond acceptors (Lipinski definition) is 4. The zero-order chi connectivity index (χ0) is 16.3. The second kappa shape index (κ2) is 6.26. The summed E-state index contributed by atoms with van der Waals surface area (Å²) in [6, 6.07) is 6.64. The quantitative estimate of drug-likeness (QED) is 0.828. The largest absolute Gasteiger partial charge is 0.481 e. The molecule has 0 saturated carbocycles. The number of rotatable bonds is 6. The normalized spacial score (nSPS) is 12.0. The Morgan fingerprint density at radius 3 is 2.14 bits per heavy atom. The smallest absolute Gasteiger partial charge is 0.303 e. The van der Waals surface area contributed by atoms with Crippen LogP contribution in [0.3, 0.4) is 0 Å². The summed E-state index contributed by atoms with van der Waals surface area (Å²) in [5.74, 6) is -1.48. The number of amides is 1. The number of hydrogen-bond donors (Lipinski definition) is 2. The van der Waals surface area contributed by atoms with Gasteiger partial charge in [0.05, 0.1) is 0 Å². The third-order valence-corrected chi connectivity index (χ3v) is 5.35. The fourth-order valence-electron chi connectivity index (χ4n) is 1.46. The first-order valence-electron chi connectivity index (χ1n) is 6.36. The number of nitrogens with one attached hydrogen (secondary N) is 1. The molecule has 0 aliphatic rings. The molecule has 0 fully saturated rings. The molecule has 0 unspecified atom stereocenters. The van der Waals surface area contributed by atoms with Gasteiger partial charge in [0, 0.05) is 18.4 Å². The number of benzene rings is 1. The second-order valence-corrected chi connectivity index (χ2v) is 7.89. The number of carboxylic acid groups (broad SMARTS) is 1. The highest BCUT2D eigenvalue weighted by atomic mass is 32.2. The number of sulfone groups is 1. The molecule has 0 radical (unpaired) electrons. The van der Waals surface area contributed by atoms with Crippen LogP contribution in [0.5, 0.6) is 0 Å². The van der Waals surface area contributed by atoms with Crippen molar-refractivity contribution in [3.8, 4) is 0 Å². The van der Waals surface area contributed by atoms with Crippen LogP contribution in [0, 0.1) is 0 Å². The minimum atomic E-state index is -3.53. The molecule has 0 aliphatic carbocycles. The molecule has 2 N–H and O–H groups in total. The Kier molecular flexibility index (Phi) is 5.11. The molecule has 1 aromatic carbocycles. The van der Waals surface area contributed by atoms with Gasteiger partial charge in [-0.1, -0.05) is 12.1 Å². The van der Waals surface area contributed by atoms with Crippen LogP contribution in [0.4, 0.5) is 5.69 Å². The molecule has 1 amide bonds. The van der Waals surface area contributed by atoms with Crippen molar-refractivity contribution in [3.05, 3.63) is 29.8 Å². The Hall–Kier alpha value is -1.89. The van der Waals surface area contributed by atoms with E-state index in [2.05, 4.69) is 5.32 Å². The van der Waals surface area contributed by atoms with Crippen LogP contribution in [-0.2, 0) is 25.8 Å². The molecule has 21 heavy (non-hydrogen) atoms. The highest BCUT2D eigenvalue weighted by Crippen LogP contribution is 2.19. The highest BCUT2D eigenvalue weighted by molar-refractivity contribution is 7.92. The molecule has 0 aliphatic heterocycles. The van der Waals surface area contributed by atoms with Crippen LogP contribution in [0.2, 0.25) is 0 Å². The first-order chi connectivity index (χ1) is 9.54. The lowest BCUT2D eigenvalue weighted by Crippen LogP contribution is -2.43.